The Hall–Kier alpha value is -2.71. The molecule has 0 spiro atoms. The summed E-state index contributed by atoms with van der Waals surface area (Å²) >= 11 is 0. The number of rotatable bonds is 7. The number of halogens is 2. The predicted molar refractivity (Wildman–Crippen MR) is 82.7 cm³/mol. The van der Waals surface area contributed by atoms with Crippen molar-refractivity contribution in [2.45, 2.75) is 25.9 Å². The van der Waals surface area contributed by atoms with E-state index >= 15 is 0 Å². The number of nitrogens with one attached hydrogen (secondary N) is 2. The molecule has 0 aliphatic heterocycles. The molecule has 2 rings (SSSR count). The molecular formula is C15H19F2N5O2. The molecule has 1 heterocycles. The first-order chi connectivity index (χ1) is 11.5. The third-order valence-corrected chi connectivity index (χ3v) is 3.21. The zero-order valence-corrected chi connectivity index (χ0v) is 13.4. The summed E-state index contributed by atoms with van der Waals surface area (Å²) in [5.74, 6) is 0.968. The van der Waals surface area contributed by atoms with Gasteiger partial charge in [-0.2, -0.15) is 0 Å². The lowest BCUT2D eigenvalue weighted by atomic mass is 10.2. The first-order valence-electron chi connectivity index (χ1n) is 7.34. The van der Waals surface area contributed by atoms with E-state index in [1.165, 1.54) is 0 Å². The number of alkyl halides is 2. The van der Waals surface area contributed by atoms with Crippen molar-refractivity contribution < 1.29 is 18.3 Å². The number of carbonyl (C=O) groups excluding carboxylic acids is 1. The van der Waals surface area contributed by atoms with Gasteiger partial charge in [-0.05, 0) is 24.6 Å². The Morgan fingerprint density at radius 2 is 2.21 bits per heavy atom. The zero-order chi connectivity index (χ0) is 17.5. The molecule has 130 valence electrons. The number of urea groups is 1. The number of carbonyl (C=O) groups is 1. The molecule has 24 heavy (non-hydrogen) atoms. The molecule has 0 bridgehead atoms. The van der Waals surface area contributed by atoms with E-state index in [-0.39, 0.29) is 18.6 Å². The minimum atomic E-state index is -2.53. The number of amides is 2. The maximum Gasteiger partial charge on any atom is 0.315 e. The summed E-state index contributed by atoms with van der Waals surface area (Å²) in [6.45, 7) is 1.37. The summed E-state index contributed by atoms with van der Waals surface area (Å²) < 4.78 is 30.9. The van der Waals surface area contributed by atoms with Crippen LogP contribution in [-0.2, 0) is 13.6 Å². The molecule has 1 aromatic heterocycles. The number of ether oxygens (including phenoxy) is 1. The molecule has 1 aromatic carbocycles. The number of benzene rings is 1. The van der Waals surface area contributed by atoms with Crippen LogP contribution < -0.4 is 15.4 Å². The van der Waals surface area contributed by atoms with Crippen molar-refractivity contribution in [2.24, 2.45) is 7.05 Å². The summed E-state index contributed by atoms with van der Waals surface area (Å²) in [4.78, 5) is 11.9. The Balaban J connectivity index is 1.83. The molecule has 7 nitrogen and oxygen atoms in total. The van der Waals surface area contributed by atoms with E-state index in [9.17, 15) is 13.6 Å². The SMILES string of the molecule is C[C@H](NC(=O)NCc1cccc(OCC(F)F)c1)c1nncn1C. The quantitative estimate of drug-likeness (QED) is 0.809. The van der Waals surface area contributed by atoms with Crippen molar-refractivity contribution >= 4 is 6.03 Å². The van der Waals surface area contributed by atoms with Crippen molar-refractivity contribution in [1.82, 2.24) is 25.4 Å². The van der Waals surface area contributed by atoms with Crippen LogP contribution in [0.3, 0.4) is 0 Å². The summed E-state index contributed by atoms with van der Waals surface area (Å²) in [5.41, 5.74) is 0.739. The minimum absolute atomic E-state index is 0.239. The lowest BCUT2D eigenvalue weighted by molar-refractivity contribution is 0.0818. The molecule has 0 saturated carbocycles. The van der Waals surface area contributed by atoms with Gasteiger partial charge in [0.25, 0.3) is 6.43 Å². The molecule has 0 saturated heterocycles. The highest BCUT2D eigenvalue weighted by Gasteiger charge is 2.13. The normalized spacial score (nSPS) is 12.0. The van der Waals surface area contributed by atoms with Crippen LogP contribution in [0, 0.1) is 0 Å². The second kappa shape index (κ2) is 8.23. The first kappa shape index (κ1) is 17.6. The first-order valence-corrected chi connectivity index (χ1v) is 7.34. The smallest absolute Gasteiger partial charge is 0.315 e. The number of aryl methyl sites for hydroxylation is 1. The van der Waals surface area contributed by atoms with Crippen LogP contribution in [0.2, 0.25) is 0 Å². The van der Waals surface area contributed by atoms with E-state index in [0.717, 1.165) is 5.56 Å². The van der Waals surface area contributed by atoms with Crippen molar-refractivity contribution in [3.05, 3.63) is 42.0 Å². The Bertz CT molecular complexity index is 677. The Labute approximate surface area is 138 Å². The zero-order valence-electron chi connectivity index (χ0n) is 13.4. The standard InChI is InChI=1S/C15H19F2N5O2/c1-10(14-21-19-9-22(14)2)20-15(23)18-7-11-4-3-5-12(6-11)24-8-13(16)17/h3-6,9-10,13H,7-8H2,1-2H3,(H2,18,20,23)/t10-/m0/s1. The van der Waals surface area contributed by atoms with Gasteiger partial charge in [-0.3, -0.25) is 0 Å². The van der Waals surface area contributed by atoms with E-state index in [1.807, 2.05) is 0 Å². The molecule has 0 fully saturated rings. The van der Waals surface area contributed by atoms with Gasteiger partial charge in [0.15, 0.2) is 5.82 Å². The second-order valence-electron chi connectivity index (χ2n) is 5.20. The average Bonchev–Trinajstić information content (AvgIpc) is 2.97. The maximum absolute atomic E-state index is 12.1. The minimum Gasteiger partial charge on any atom is -0.488 e. The van der Waals surface area contributed by atoms with Crippen molar-refractivity contribution in [3.8, 4) is 5.75 Å². The Kier molecular flexibility index (Phi) is 6.05. The molecular weight excluding hydrogens is 320 g/mol. The molecule has 0 aliphatic carbocycles. The maximum atomic E-state index is 12.1. The van der Waals surface area contributed by atoms with Crippen molar-refractivity contribution in [1.29, 1.82) is 0 Å². The molecule has 2 amide bonds. The summed E-state index contributed by atoms with van der Waals surface area (Å²) in [6, 6.07) is 5.96. The van der Waals surface area contributed by atoms with Gasteiger partial charge < -0.3 is 19.9 Å². The number of hydrogen-bond acceptors (Lipinski definition) is 4. The van der Waals surface area contributed by atoms with Crippen LogP contribution in [0.5, 0.6) is 5.75 Å². The highest BCUT2D eigenvalue weighted by molar-refractivity contribution is 5.74. The highest BCUT2D eigenvalue weighted by atomic mass is 19.3. The lowest BCUT2D eigenvalue weighted by Gasteiger charge is -2.14. The topological polar surface area (TPSA) is 81.1 Å². The van der Waals surface area contributed by atoms with Gasteiger partial charge in [0.05, 0.1) is 6.04 Å². The van der Waals surface area contributed by atoms with E-state index in [0.29, 0.717) is 11.6 Å². The van der Waals surface area contributed by atoms with E-state index in [2.05, 4.69) is 20.8 Å². The molecule has 0 unspecified atom stereocenters. The van der Waals surface area contributed by atoms with Gasteiger partial charge in [-0.15, -0.1) is 10.2 Å². The van der Waals surface area contributed by atoms with Crippen molar-refractivity contribution in [2.75, 3.05) is 6.61 Å². The number of hydrogen-bond donors (Lipinski definition) is 2. The summed E-state index contributed by atoms with van der Waals surface area (Å²) in [6.07, 6.45) is -0.976. The average molecular weight is 339 g/mol. The largest absolute Gasteiger partial charge is 0.488 e. The van der Waals surface area contributed by atoms with Gasteiger partial charge in [0.1, 0.15) is 18.7 Å². The summed E-state index contributed by atoms with van der Waals surface area (Å²) in [5, 5.41) is 13.1. The molecule has 9 heteroatoms. The molecule has 2 aromatic rings. The lowest BCUT2D eigenvalue weighted by Crippen LogP contribution is -2.37. The Morgan fingerprint density at radius 3 is 2.88 bits per heavy atom. The fraction of sp³-hybridized carbons (Fsp3) is 0.400. The summed E-state index contributed by atoms with van der Waals surface area (Å²) in [7, 11) is 1.79. The van der Waals surface area contributed by atoms with Crippen LogP contribution >= 0.6 is 0 Å². The van der Waals surface area contributed by atoms with Crippen LogP contribution in [0.15, 0.2) is 30.6 Å². The third-order valence-electron chi connectivity index (χ3n) is 3.21. The fourth-order valence-electron chi connectivity index (χ4n) is 2.08. The van der Waals surface area contributed by atoms with Gasteiger partial charge >= 0.3 is 6.03 Å². The van der Waals surface area contributed by atoms with Crippen LogP contribution in [-0.4, -0.2) is 33.8 Å². The van der Waals surface area contributed by atoms with Crippen molar-refractivity contribution in [3.63, 3.8) is 0 Å². The van der Waals surface area contributed by atoms with Crippen LogP contribution in [0.1, 0.15) is 24.4 Å². The molecule has 0 aliphatic rings. The van der Waals surface area contributed by atoms with Gasteiger partial charge in [0.2, 0.25) is 0 Å². The van der Waals surface area contributed by atoms with E-state index in [1.54, 1.807) is 49.1 Å². The third kappa shape index (κ3) is 5.18. The molecule has 2 N–H and O–H groups in total. The molecule has 0 radical (unpaired) electrons. The number of aromatic nitrogens is 3. The van der Waals surface area contributed by atoms with E-state index < -0.39 is 13.0 Å². The van der Waals surface area contributed by atoms with E-state index in [4.69, 9.17) is 4.74 Å². The van der Waals surface area contributed by atoms with Crippen LogP contribution in [0.25, 0.3) is 0 Å². The van der Waals surface area contributed by atoms with Gasteiger partial charge in [0, 0.05) is 13.6 Å². The predicted octanol–water partition coefficient (Wildman–Crippen LogP) is 2.02. The molecule has 1 atom stereocenters. The van der Waals surface area contributed by atoms with Gasteiger partial charge in [-0.25, -0.2) is 13.6 Å². The Morgan fingerprint density at radius 1 is 1.42 bits per heavy atom. The second-order valence-corrected chi connectivity index (χ2v) is 5.20. The van der Waals surface area contributed by atoms with Gasteiger partial charge in [-0.1, -0.05) is 12.1 Å². The van der Waals surface area contributed by atoms with Crippen LogP contribution in [0.4, 0.5) is 13.6 Å². The number of nitrogens with zero attached hydrogens (tertiary/aromatic N) is 3. The monoisotopic (exact) mass is 339 g/mol. The highest BCUT2D eigenvalue weighted by Crippen LogP contribution is 2.14. The fourth-order valence-corrected chi connectivity index (χ4v) is 2.08.